The van der Waals surface area contributed by atoms with Crippen molar-refractivity contribution in [2.24, 2.45) is 0 Å². The molecule has 0 bridgehead atoms. The van der Waals surface area contributed by atoms with E-state index in [2.05, 4.69) is 21.0 Å². The van der Waals surface area contributed by atoms with Crippen LogP contribution in [0.15, 0.2) is 54.6 Å². The molecule has 0 aliphatic heterocycles. The fourth-order valence-electron chi connectivity index (χ4n) is 2.51. The van der Waals surface area contributed by atoms with Crippen LogP contribution < -0.4 is 10.9 Å². The van der Waals surface area contributed by atoms with Crippen LogP contribution in [-0.4, -0.2) is 22.0 Å². The van der Waals surface area contributed by atoms with E-state index >= 15 is 0 Å². The monoisotopic (exact) mass is 334 g/mol. The van der Waals surface area contributed by atoms with Crippen LogP contribution in [0.4, 0.5) is 0 Å². The van der Waals surface area contributed by atoms with Crippen molar-refractivity contribution in [1.82, 2.24) is 21.0 Å². The first kappa shape index (κ1) is 16.4. The van der Waals surface area contributed by atoms with E-state index in [1.807, 2.05) is 56.3 Å². The number of H-pyrrole nitrogens is 1. The second kappa shape index (κ2) is 7.00. The van der Waals surface area contributed by atoms with Gasteiger partial charge < -0.3 is 0 Å². The topological polar surface area (TPSA) is 86.9 Å². The third-order valence-corrected chi connectivity index (χ3v) is 3.81. The number of nitrogens with one attached hydrogen (secondary N) is 3. The van der Waals surface area contributed by atoms with E-state index in [1.165, 1.54) is 0 Å². The van der Waals surface area contributed by atoms with Crippen molar-refractivity contribution in [3.05, 3.63) is 77.0 Å². The lowest BCUT2D eigenvalue weighted by Crippen LogP contribution is -2.42. The van der Waals surface area contributed by atoms with Crippen LogP contribution in [-0.2, 0) is 0 Å². The summed E-state index contributed by atoms with van der Waals surface area (Å²) in [5.41, 5.74) is 9.07. The SMILES string of the molecule is Cc1ccc(C(=O)NNC(=O)c2cc(-c3ccccc3)n[nH]2)c(C)c1. The van der Waals surface area contributed by atoms with Gasteiger partial charge in [-0.2, -0.15) is 5.10 Å². The number of hydrogen-bond acceptors (Lipinski definition) is 3. The van der Waals surface area contributed by atoms with Gasteiger partial charge in [0.2, 0.25) is 0 Å². The van der Waals surface area contributed by atoms with E-state index in [9.17, 15) is 9.59 Å². The fourth-order valence-corrected chi connectivity index (χ4v) is 2.51. The molecule has 1 aromatic heterocycles. The van der Waals surface area contributed by atoms with Crippen LogP contribution in [0.1, 0.15) is 32.0 Å². The van der Waals surface area contributed by atoms with Gasteiger partial charge in [-0.3, -0.25) is 25.5 Å². The van der Waals surface area contributed by atoms with Gasteiger partial charge in [0.15, 0.2) is 0 Å². The number of amides is 2. The van der Waals surface area contributed by atoms with Gasteiger partial charge in [0.1, 0.15) is 5.69 Å². The van der Waals surface area contributed by atoms with Crippen molar-refractivity contribution >= 4 is 11.8 Å². The van der Waals surface area contributed by atoms with Crippen LogP contribution in [0.5, 0.6) is 0 Å². The Labute approximate surface area is 145 Å². The van der Waals surface area contributed by atoms with Crippen molar-refractivity contribution in [3.8, 4) is 11.3 Å². The summed E-state index contributed by atoms with van der Waals surface area (Å²) in [5.74, 6) is -0.832. The first-order chi connectivity index (χ1) is 12.0. The third kappa shape index (κ3) is 3.74. The largest absolute Gasteiger partial charge is 0.287 e. The highest BCUT2D eigenvalue weighted by atomic mass is 16.2. The molecule has 3 rings (SSSR count). The van der Waals surface area contributed by atoms with Gasteiger partial charge >= 0.3 is 0 Å². The standard InChI is InChI=1S/C19H18N4O2/c1-12-8-9-15(13(2)10-12)18(24)22-23-19(25)17-11-16(20-21-17)14-6-4-3-5-7-14/h3-11H,1-2H3,(H,20,21)(H,22,24)(H,23,25). The molecule has 6 heteroatoms. The van der Waals surface area contributed by atoms with E-state index in [0.29, 0.717) is 11.3 Å². The minimum absolute atomic E-state index is 0.264. The number of aryl methyl sites for hydroxylation is 2. The number of aromatic nitrogens is 2. The molecule has 6 nitrogen and oxygen atoms in total. The summed E-state index contributed by atoms with van der Waals surface area (Å²) >= 11 is 0. The minimum Gasteiger partial charge on any atom is -0.272 e. The Morgan fingerprint density at radius 3 is 2.36 bits per heavy atom. The van der Waals surface area contributed by atoms with Gasteiger partial charge in [0.05, 0.1) is 5.69 Å². The lowest BCUT2D eigenvalue weighted by Gasteiger charge is -2.08. The number of nitrogens with zero attached hydrogens (tertiary/aromatic N) is 1. The van der Waals surface area contributed by atoms with Crippen molar-refractivity contribution < 1.29 is 9.59 Å². The molecule has 0 fully saturated rings. The van der Waals surface area contributed by atoms with Crippen LogP contribution in [0.25, 0.3) is 11.3 Å². The molecular formula is C19H18N4O2. The lowest BCUT2D eigenvalue weighted by atomic mass is 10.1. The number of benzene rings is 2. The second-order valence-electron chi connectivity index (χ2n) is 5.76. The summed E-state index contributed by atoms with van der Waals surface area (Å²) in [5, 5.41) is 6.79. The van der Waals surface area contributed by atoms with Crippen LogP contribution in [0, 0.1) is 13.8 Å². The summed E-state index contributed by atoms with van der Waals surface area (Å²) in [4.78, 5) is 24.4. The van der Waals surface area contributed by atoms with Crippen molar-refractivity contribution in [3.63, 3.8) is 0 Å². The van der Waals surface area contributed by atoms with Gasteiger partial charge in [0.25, 0.3) is 11.8 Å². The fraction of sp³-hybridized carbons (Fsp3) is 0.105. The van der Waals surface area contributed by atoms with Gasteiger partial charge in [0, 0.05) is 11.1 Å². The average Bonchev–Trinajstić information content (AvgIpc) is 3.10. The Morgan fingerprint density at radius 1 is 0.920 bits per heavy atom. The summed E-state index contributed by atoms with van der Waals surface area (Å²) < 4.78 is 0. The first-order valence-corrected chi connectivity index (χ1v) is 7.83. The van der Waals surface area contributed by atoms with Crippen molar-refractivity contribution in [2.75, 3.05) is 0 Å². The van der Waals surface area contributed by atoms with Gasteiger partial charge in [-0.25, -0.2) is 0 Å². The molecule has 126 valence electrons. The van der Waals surface area contributed by atoms with Crippen LogP contribution in [0.3, 0.4) is 0 Å². The second-order valence-corrected chi connectivity index (χ2v) is 5.76. The highest BCUT2D eigenvalue weighted by Crippen LogP contribution is 2.16. The molecule has 2 amide bonds. The number of hydrogen-bond donors (Lipinski definition) is 3. The van der Waals surface area contributed by atoms with E-state index in [0.717, 1.165) is 16.7 Å². The van der Waals surface area contributed by atoms with Crippen molar-refractivity contribution in [1.29, 1.82) is 0 Å². The molecule has 3 aromatic rings. The van der Waals surface area contributed by atoms with E-state index in [4.69, 9.17) is 0 Å². The van der Waals surface area contributed by atoms with Gasteiger partial charge in [-0.15, -0.1) is 0 Å². The van der Waals surface area contributed by atoms with Crippen LogP contribution in [0.2, 0.25) is 0 Å². The zero-order valence-corrected chi connectivity index (χ0v) is 14.0. The zero-order valence-electron chi connectivity index (χ0n) is 14.0. The molecule has 0 saturated carbocycles. The highest BCUT2D eigenvalue weighted by Gasteiger charge is 2.13. The Hall–Kier alpha value is -3.41. The zero-order chi connectivity index (χ0) is 17.8. The van der Waals surface area contributed by atoms with E-state index in [1.54, 1.807) is 12.1 Å². The van der Waals surface area contributed by atoms with Gasteiger partial charge in [-0.05, 0) is 31.5 Å². The highest BCUT2D eigenvalue weighted by molar-refractivity contribution is 5.99. The molecule has 0 atom stereocenters. The molecule has 0 unspecified atom stereocenters. The number of aromatic amines is 1. The molecule has 0 radical (unpaired) electrons. The number of carbonyl (C=O) groups is 2. The predicted octanol–water partition coefficient (Wildman–Crippen LogP) is 2.77. The maximum Gasteiger partial charge on any atom is 0.287 e. The Kier molecular flexibility index (Phi) is 4.61. The van der Waals surface area contributed by atoms with Crippen molar-refractivity contribution in [2.45, 2.75) is 13.8 Å². The molecular weight excluding hydrogens is 316 g/mol. The van der Waals surface area contributed by atoms with Crippen LogP contribution >= 0.6 is 0 Å². The van der Waals surface area contributed by atoms with Gasteiger partial charge in [-0.1, -0.05) is 48.0 Å². The Balaban J connectivity index is 1.65. The number of rotatable bonds is 3. The quantitative estimate of drug-likeness (QED) is 0.644. The maximum absolute atomic E-state index is 12.2. The average molecular weight is 334 g/mol. The number of carbonyl (C=O) groups excluding carboxylic acids is 2. The Bertz CT molecular complexity index is 916. The molecule has 0 aliphatic carbocycles. The third-order valence-electron chi connectivity index (χ3n) is 3.81. The normalized spacial score (nSPS) is 10.3. The molecule has 1 heterocycles. The first-order valence-electron chi connectivity index (χ1n) is 7.83. The minimum atomic E-state index is -0.465. The summed E-state index contributed by atoms with van der Waals surface area (Å²) in [6, 6.07) is 16.6. The Morgan fingerprint density at radius 2 is 1.64 bits per heavy atom. The lowest BCUT2D eigenvalue weighted by molar-refractivity contribution is 0.0843. The molecule has 0 aliphatic rings. The van der Waals surface area contributed by atoms with E-state index in [-0.39, 0.29) is 11.6 Å². The molecule has 0 spiro atoms. The molecule has 0 saturated heterocycles. The number of hydrazine groups is 1. The molecule has 3 N–H and O–H groups in total. The summed E-state index contributed by atoms with van der Waals surface area (Å²) in [6.07, 6.45) is 0. The smallest absolute Gasteiger partial charge is 0.272 e. The predicted molar refractivity (Wildman–Crippen MR) is 94.9 cm³/mol. The summed E-state index contributed by atoms with van der Waals surface area (Å²) in [7, 11) is 0. The van der Waals surface area contributed by atoms with E-state index < -0.39 is 5.91 Å². The molecule has 25 heavy (non-hydrogen) atoms. The summed E-state index contributed by atoms with van der Waals surface area (Å²) in [6.45, 7) is 3.81. The maximum atomic E-state index is 12.2. The molecule has 2 aromatic carbocycles.